The van der Waals surface area contributed by atoms with Crippen LogP contribution in [-0.4, -0.2) is 19.6 Å². The van der Waals surface area contributed by atoms with Crippen molar-refractivity contribution >= 4 is 21.4 Å². The lowest BCUT2D eigenvalue weighted by atomic mass is 9.87. The number of benzene rings is 2. The molecule has 1 amide bonds. The molecule has 0 aliphatic heterocycles. The number of aryl methyl sites for hydroxylation is 1. The van der Waals surface area contributed by atoms with Gasteiger partial charge in [-0.1, -0.05) is 64.1 Å². The Bertz CT molecular complexity index is 877. The van der Waals surface area contributed by atoms with Gasteiger partial charge in [0.1, 0.15) is 5.25 Å². The lowest BCUT2D eigenvalue weighted by molar-refractivity contribution is -0.115. The first-order valence-electron chi connectivity index (χ1n) is 9.23. The summed E-state index contributed by atoms with van der Waals surface area (Å²) in [5.41, 5.74) is 3.61. The van der Waals surface area contributed by atoms with Crippen LogP contribution < -0.4 is 5.32 Å². The summed E-state index contributed by atoms with van der Waals surface area (Å²) in [6.45, 7) is 9.82. The van der Waals surface area contributed by atoms with Crippen molar-refractivity contribution in [2.24, 2.45) is 0 Å². The van der Waals surface area contributed by atoms with Crippen molar-refractivity contribution in [3.8, 4) is 0 Å². The molecule has 2 rings (SSSR count). The first-order chi connectivity index (χ1) is 12.5. The van der Waals surface area contributed by atoms with Gasteiger partial charge in [0.25, 0.3) is 0 Å². The van der Waals surface area contributed by atoms with Gasteiger partial charge in [-0.2, -0.15) is 0 Å². The fourth-order valence-corrected chi connectivity index (χ4v) is 3.98. The third-order valence-corrected chi connectivity index (χ3v) is 6.75. The van der Waals surface area contributed by atoms with Crippen LogP contribution in [0.4, 0.5) is 5.69 Å². The van der Waals surface area contributed by atoms with Crippen LogP contribution in [0.25, 0.3) is 0 Å². The van der Waals surface area contributed by atoms with Crippen LogP contribution in [0.1, 0.15) is 51.3 Å². The zero-order valence-electron chi connectivity index (χ0n) is 16.7. The van der Waals surface area contributed by atoms with Crippen LogP contribution in [0.5, 0.6) is 0 Å². The lowest BCUT2D eigenvalue weighted by Gasteiger charge is -2.19. The summed E-state index contributed by atoms with van der Waals surface area (Å²) in [7, 11) is -3.61. The predicted octanol–water partition coefficient (Wildman–Crippen LogP) is 4.49. The molecule has 0 bridgehead atoms. The fourth-order valence-electron chi connectivity index (χ4n) is 2.69. The molecule has 2 aromatic rings. The number of carbonyl (C=O) groups excluding carboxylic acids is 1. The molecule has 0 saturated carbocycles. The van der Waals surface area contributed by atoms with Crippen molar-refractivity contribution in [1.82, 2.24) is 0 Å². The number of hydrogen-bond acceptors (Lipinski definition) is 3. The summed E-state index contributed by atoms with van der Waals surface area (Å²) in [6, 6.07) is 15.0. The second-order valence-electron chi connectivity index (χ2n) is 7.94. The summed E-state index contributed by atoms with van der Waals surface area (Å²) >= 11 is 0. The van der Waals surface area contributed by atoms with E-state index in [2.05, 4.69) is 33.0 Å². The number of hydrogen-bond donors (Lipinski definition) is 1. The molecule has 0 aromatic heterocycles. The molecule has 1 unspecified atom stereocenters. The molecule has 1 N–H and O–H groups in total. The molecule has 0 spiro atoms. The van der Waals surface area contributed by atoms with E-state index in [1.54, 1.807) is 12.1 Å². The Balaban J connectivity index is 2.06. The monoisotopic (exact) mass is 387 g/mol. The molecule has 0 fully saturated rings. The van der Waals surface area contributed by atoms with Crippen LogP contribution in [0.2, 0.25) is 0 Å². The summed E-state index contributed by atoms with van der Waals surface area (Å²) in [6.07, 6.45) is 0.910. The van der Waals surface area contributed by atoms with Gasteiger partial charge in [-0.25, -0.2) is 8.42 Å². The lowest BCUT2D eigenvalue weighted by Crippen LogP contribution is -2.33. The maximum Gasteiger partial charge on any atom is 0.242 e. The second-order valence-corrected chi connectivity index (χ2v) is 10.3. The largest absolute Gasteiger partial charge is 0.325 e. The number of carbonyl (C=O) groups is 1. The highest BCUT2D eigenvalue weighted by molar-refractivity contribution is 7.92. The Labute approximate surface area is 162 Å². The minimum atomic E-state index is -3.61. The number of nitrogens with one attached hydrogen (secondary N) is 1. The Hall–Kier alpha value is -2.14. The van der Waals surface area contributed by atoms with Gasteiger partial charge in [0.2, 0.25) is 5.91 Å². The van der Waals surface area contributed by atoms with E-state index in [4.69, 9.17) is 0 Å². The molecule has 146 valence electrons. The van der Waals surface area contributed by atoms with E-state index in [1.807, 2.05) is 36.4 Å². The highest BCUT2D eigenvalue weighted by atomic mass is 32.2. The zero-order chi connectivity index (χ0) is 20.2. The number of sulfone groups is 1. The van der Waals surface area contributed by atoms with E-state index in [-0.39, 0.29) is 11.2 Å². The molecular weight excluding hydrogens is 358 g/mol. The van der Waals surface area contributed by atoms with E-state index < -0.39 is 21.0 Å². The summed E-state index contributed by atoms with van der Waals surface area (Å²) < 4.78 is 25.3. The number of anilines is 1. The van der Waals surface area contributed by atoms with E-state index in [9.17, 15) is 13.2 Å². The Morgan fingerprint density at radius 1 is 0.963 bits per heavy atom. The van der Waals surface area contributed by atoms with Crippen LogP contribution in [-0.2, 0) is 32.2 Å². The van der Waals surface area contributed by atoms with Crippen molar-refractivity contribution in [2.45, 2.75) is 57.5 Å². The summed E-state index contributed by atoms with van der Waals surface area (Å²) in [5, 5.41) is 1.58. The van der Waals surface area contributed by atoms with Gasteiger partial charge in [0.15, 0.2) is 9.84 Å². The molecule has 0 aliphatic carbocycles. The van der Waals surface area contributed by atoms with Crippen LogP contribution >= 0.6 is 0 Å². The summed E-state index contributed by atoms with van der Waals surface area (Å²) in [4.78, 5) is 12.4. The maximum absolute atomic E-state index is 12.7. The topological polar surface area (TPSA) is 63.2 Å². The summed E-state index contributed by atoms with van der Waals surface area (Å²) in [5.74, 6) is -0.661. The molecule has 0 saturated heterocycles. The minimum Gasteiger partial charge on any atom is -0.325 e. The van der Waals surface area contributed by atoms with Crippen molar-refractivity contribution < 1.29 is 13.2 Å². The zero-order valence-corrected chi connectivity index (χ0v) is 17.6. The van der Waals surface area contributed by atoms with Crippen molar-refractivity contribution in [2.75, 3.05) is 5.32 Å². The predicted molar refractivity (Wildman–Crippen MR) is 112 cm³/mol. The van der Waals surface area contributed by atoms with Gasteiger partial charge in [-0.15, -0.1) is 0 Å². The molecule has 4 nitrogen and oxygen atoms in total. The highest BCUT2D eigenvalue weighted by Crippen LogP contribution is 2.23. The first-order valence-corrected chi connectivity index (χ1v) is 11.0. The van der Waals surface area contributed by atoms with E-state index in [0.717, 1.165) is 17.5 Å². The standard InChI is InChI=1S/C22H29NO3S/c1-6-17-9-13-20(14-10-17)23-21(24)16(2)27(25,26)15-18-7-11-19(12-8-18)22(3,4)5/h7-14,16H,6,15H2,1-5H3,(H,23,24). The molecule has 5 heteroatoms. The van der Waals surface area contributed by atoms with Gasteiger partial charge >= 0.3 is 0 Å². The maximum atomic E-state index is 12.7. The fraction of sp³-hybridized carbons (Fsp3) is 0.409. The molecule has 0 radical (unpaired) electrons. The number of rotatable bonds is 6. The van der Waals surface area contributed by atoms with Crippen molar-refractivity contribution in [3.05, 3.63) is 65.2 Å². The molecule has 2 aromatic carbocycles. The highest BCUT2D eigenvalue weighted by Gasteiger charge is 2.28. The van der Waals surface area contributed by atoms with E-state index >= 15 is 0 Å². The van der Waals surface area contributed by atoms with Gasteiger partial charge in [-0.3, -0.25) is 4.79 Å². The van der Waals surface area contributed by atoms with Crippen molar-refractivity contribution in [3.63, 3.8) is 0 Å². The Morgan fingerprint density at radius 2 is 1.48 bits per heavy atom. The third-order valence-electron chi connectivity index (χ3n) is 4.73. The molecular formula is C22H29NO3S. The smallest absolute Gasteiger partial charge is 0.242 e. The SMILES string of the molecule is CCc1ccc(NC(=O)C(C)S(=O)(=O)Cc2ccc(C(C)(C)C)cc2)cc1. The molecule has 0 heterocycles. The first kappa shape index (κ1) is 21.2. The number of amides is 1. The second kappa shape index (κ2) is 8.26. The van der Waals surface area contributed by atoms with Gasteiger partial charge < -0.3 is 5.32 Å². The Kier molecular flexibility index (Phi) is 6.47. The minimum absolute atomic E-state index is 0.0118. The van der Waals surface area contributed by atoms with Crippen molar-refractivity contribution in [1.29, 1.82) is 0 Å². The average molecular weight is 388 g/mol. The van der Waals surface area contributed by atoms with Crippen LogP contribution in [0.3, 0.4) is 0 Å². The molecule has 27 heavy (non-hydrogen) atoms. The van der Waals surface area contributed by atoms with E-state index in [1.165, 1.54) is 6.92 Å². The normalized spacial score (nSPS) is 13.2. The quantitative estimate of drug-likeness (QED) is 0.794. The Morgan fingerprint density at radius 3 is 1.96 bits per heavy atom. The van der Waals surface area contributed by atoms with E-state index in [0.29, 0.717) is 11.3 Å². The average Bonchev–Trinajstić information content (AvgIpc) is 2.61. The van der Waals surface area contributed by atoms with Crippen LogP contribution in [0.15, 0.2) is 48.5 Å². The van der Waals surface area contributed by atoms with Gasteiger partial charge in [-0.05, 0) is 47.6 Å². The molecule has 1 atom stereocenters. The van der Waals surface area contributed by atoms with Gasteiger partial charge in [0.05, 0.1) is 5.75 Å². The van der Waals surface area contributed by atoms with Gasteiger partial charge in [0, 0.05) is 5.69 Å². The third kappa shape index (κ3) is 5.67. The molecule has 0 aliphatic rings. The van der Waals surface area contributed by atoms with Crippen LogP contribution in [0, 0.1) is 0 Å².